The number of methoxy groups -OCH3 is 1. The smallest absolute Gasteiger partial charge is 0.226 e. The Labute approximate surface area is 252 Å². The molecule has 2 atom stereocenters. The molecule has 0 bridgehead atoms. The van der Waals surface area contributed by atoms with Crippen molar-refractivity contribution in [2.75, 3.05) is 23.9 Å². The Morgan fingerprint density at radius 2 is 1.91 bits per heavy atom. The van der Waals surface area contributed by atoms with Crippen LogP contribution in [-0.2, 0) is 13.1 Å². The SMILES string of the molecule is CCC1CCC(c2nc3c4ccc(OC)cc4nc(NCc4ccc(C)c(C)c4)n3n2)CN1c1cnn(CC(C)(C)O)c1. The molecule has 5 aromatic rings. The van der Waals surface area contributed by atoms with Gasteiger partial charge in [0.05, 0.1) is 36.7 Å². The summed E-state index contributed by atoms with van der Waals surface area (Å²) in [6, 6.07) is 12.8. The maximum absolute atomic E-state index is 10.3. The first kappa shape index (κ1) is 28.9. The van der Waals surface area contributed by atoms with Gasteiger partial charge in [-0.3, -0.25) is 4.68 Å². The second-order valence-corrected chi connectivity index (χ2v) is 12.5. The van der Waals surface area contributed by atoms with Gasteiger partial charge in [-0.05, 0) is 75.8 Å². The van der Waals surface area contributed by atoms with Crippen LogP contribution in [0.3, 0.4) is 0 Å². The van der Waals surface area contributed by atoms with Crippen LogP contribution in [0, 0.1) is 13.8 Å². The third-order valence-electron chi connectivity index (χ3n) is 8.56. The number of nitrogens with zero attached hydrogens (tertiary/aromatic N) is 7. The van der Waals surface area contributed by atoms with Crippen LogP contribution in [0.25, 0.3) is 16.6 Å². The molecular weight excluding hydrogens is 540 g/mol. The largest absolute Gasteiger partial charge is 0.497 e. The fourth-order valence-electron chi connectivity index (χ4n) is 6.08. The number of hydrogen-bond acceptors (Lipinski definition) is 8. The fourth-order valence-corrected chi connectivity index (χ4v) is 6.08. The molecule has 1 aliphatic heterocycles. The molecule has 226 valence electrons. The number of hydrogen-bond donors (Lipinski definition) is 2. The van der Waals surface area contributed by atoms with Crippen molar-refractivity contribution in [3.05, 3.63) is 71.3 Å². The number of rotatable bonds is 9. The summed E-state index contributed by atoms with van der Waals surface area (Å²) in [6.45, 7) is 12.0. The average molecular weight is 583 g/mol. The quantitative estimate of drug-likeness (QED) is 0.230. The molecule has 43 heavy (non-hydrogen) atoms. The van der Waals surface area contributed by atoms with E-state index in [1.165, 1.54) is 16.7 Å². The zero-order valence-corrected chi connectivity index (χ0v) is 26.0. The molecule has 4 heterocycles. The Kier molecular flexibility index (Phi) is 7.72. The van der Waals surface area contributed by atoms with Gasteiger partial charge in [0.25, 0.3) is 0 Å². The molecule has 1 aliphatic rings. The molecule has 0 radical (unpaired) electrons. The number of aliphatic hydroxyl groups is 1. The summed E-state index contributed by atoms with van der Waals surface area (Å²) in [4.78, 5) is 12.6. The number of fused-ring (bicyclic) bond motifs is 3. The lowest BCUT2D eigenvalue weighted by Crippen LogP contribution is -2.42. The molecule has 2 unspecified atom stereocenters. The molecule has 0 saturated carbocycles. The maximum atomic E-state index is 10.3. The van der Waals surface area contributed by atoms with Crippen molar-refractivity contribution in [3.63, 3.8) is 0 Å². The monoisotopic (exact) mass is 582 g/mol. The van der Waals surface area contributed by atoms with Crippen LogP contribution in [0.2, 0.25) is 0 Å². The van der Waals surface area contributed by atoms with Crippen molar-refractivity contribution in [1.29, 1.82) is 0 Å². The van der Waals surface area contributed by atoms with Gasteiger partial charge in [0.2, 0.25) is 5.95 Å². The van der Waals surface area contributed by atoms with Crippen LogP contribution in [0.15, 0.2) is 48.8 Å². The molecule has 0 spiro atoms. The number of ether oxygens (including phenoxy) is 1. The van der Waals surface area contributed by atoms with Gasteiger partial charge in [0, 0.05) is 42.7 Å². The molecule has 2 aromatic carbocycles. The van der Waals surface area contributed by atoms with Gasteiger partial charge in [-0.2, -0.15) is 9.61 Å². The first-order chi connectivity index (χ1) is 20.6. The molecule has 10 nitrogen and oxygen atoms in total. The maximum Gasteiger partial charge on any atom is 0.226 e. The number of benzene rings is 2. The van der Waals surface area contributed by atoms with Crippen molar-refractivity contribution in [2.24, 2.45) is 0 Å². The Bertz CT molecular complexity index is 1750. The van der Waals surface area contributed by atoms with Gasteiger partial charge >= 0.3 is 0 Å². The standard InChI is InChI=1S/C33H42N8O2/c1-7-25-11-10-24(18-40(25)26-17-35-39(19-26)20-33(4,5)42)30-37-31-28-13-12-27(43-6)15-29(28)36-32(41(31)38-30)34-16-23-9-8-21(2)22(3)14-23/h8-9,12-15,17,19,24-25,42H,7,10-11,16,18,20H2,1-6H3,(H,34,36). The molecule has 10 heteroatoms. The normalized spacial score (nSPS) is 17.6. The summed E-state index contributed by atoms with van der Waals surface area (Å²) in [7, 11) is 1.67. The predicted molar refractivity (Wildman–Crippen MR) is 170 cm³/mol. The number of aromatic nitrogens is 6. The van der Waals surface area contributed by atoms with E-state index in [4.69, 9.17) is 19.8 Å². The minimum absolute atomic E-state index is 0.154. The Morgan fingerprint density at radius 3 is 2.65 bits per heavy atom. The molecule has 3 aromatic heterocycles. The Morgan fingerprint density at radius 1 is 1.07 bits per heavy atom. The van der Waals surface area contributed by atoms with E-state index in [1.54, 1.807) is 21.0 Å². The van der Waals surface area contributed by atoms with Crippen LogP contribution >= 0.6 is 0 Å². The topological polar surface area (TPSA) is 106 Å². The lowest BCUT2D eigenvalue weighted by atomic mass is 9.90. The van der Waals surface area contributed by atoms with Crippen molar-refractivity contribution >= 4 is 28.2 Å². The summed E-state index contributed by atoms with van der Waals surface area (Å²) in [5, 5.41) is 24.4. The van der Waals surface area contributed by atoms with E-state index >= 15 is 0 Å². The molecule has 6 rings (SSSR count). The summed E-state index contributed by atoms with van der Waals surface area (Å²) < 4.78 is 9.19. The van der Waals surface area contributed by atoms with E-state index in [1.807, 2.05) is 39.8 Å². The van der Waals surface area contributed by atoms with E-state index in [2.05, 4.69) is 54.3 Å². The second kappa shape index (κ2) is 11.5. The van der Waals surface area contributed by atoms with E-state index < -0.39 is 5.60 Å². The van der Waals surface area contributed by atoms with Gasteiger partial charge in [-0.25, -0.2) is 9.97 Å². The fraction of sp³-hybridized carbons (Fsp3) is 0.455. The molecule has 0 aliphatic carbocycles. The van der Waals surface area contributed by atoms with Gasteiger partial charge in [-0.1, -0.05) is 25.1 Å². The first-order valence-electron chi connectivity index (χ1n) is 15.2. The van der Waals surface area contributed by atoms with Crippen molar-refractivity contribution in [1.82, 2.24) is 29.4 Å². The number of piperidine rings is 1. The Hall–Kier alpha value is -4.18. The first-order valence-corrected chi connectivity index (χ1v) is 15.2. The number of anilines is 2. The highest BCUT2D eigenvalue weighted by atomic mass is 16.5. The zero-order chi connectivity index (χ0) is 30.3. The van der Waals surface area contributed by atoms with E-state index in [9.17, 15) is 5.11 Å². The third kappa shape index (κ3) is 6.01. The van der Waals surface area contributed by atoms with E-state index in [0.717, 1.165) is 59.6 Å². The van der Waals surface area contributed by atoms with Crippen LogP contribution in [-0.4, -0.2) is 59.8 Å². The second-order valence-electron chi connectivity index (χ2n) is 12.5. The highest BCUT2D eigenvalue weighted by Gasteiger charge is 2.32. The minimum Gasteiger partial charge on any atom is -0.497 e. The lowest BCUT2D eigenvalue weighted by Gasteiger charge is -2.39. The number of nitrogens with one attached hydrogen (secondary N) is 1. The van der Waals surface area contributed by atoms with Crippen molar-refractivity contribution in [2.45, 2.75) is 84.5 Å². The van der Waals surface area contributed by atoms with Crippen LogP contribution in [0.1, 0.15) is 68.5 Å². The van der Waals surface area contributed by atoms with Gasteiger partial charge in [0.1, 0.15) is 5.75 Å². The van der Waals surface area contributed by atoms with Crippen molar-refractivity contribution in [3.8, 4) is 5.75 Å². The van der Waals surface area contributed by atoms with Crippen LogP contribution in [0.5, 0.6) is 5.75 Å². The van der Waals surface area contributed by atoms with Crippen LogP contribution in [0.4, 0.5) is 11.6 Å². The number of aryl methyl sites for hydroxylation is 2. The van der Waals surface area contributed by atoms with Gasteiger partial charge < -0.3 is 20.1 Å². The van der Waals surface area contributed by atoms with Crippen LogP contribution < -0.4 is 15.0 Å². The molecule has 2 N–H and O–H groups in total. The van der Waals surface area contributed by atoms with Gasteiger partial charge in [-0.15, -0.1) is 5.10 Å². The van der Waals surface area contributed by atoms with Gasteiger partial charge in [0.15, 0.2) is 11.5 Å². The average Bonchev–Trinajstić information content (AvgIpc) is 3.64. The predicted octanol–water partition coefficient (Wildman–Crippen LogP) is 5.65. The summed E-state index contributed by atoms with van der Waals surface area (Å²) >= 11 is 0. The zero-order valence-electron chi connectivity index (χ0n) is 26.0. The highest BCUT2D eigenvalue weighted by Crippen LogP contribution is 2.35. The summed E-state index contributed by atoms with van der Waals surface area (Å²) in [5.41, 5.74) is 5.56. The van der Waals surface area contributed by atoms with E-state index in [0.29, 0.717) is 25.1 Å². The summed E-state index contributed by atoms with van der Waals surface area (Å²) in [6.07, 6.45) is 7.05. The molecule has 1 saturated heterocycles. The van der Waals surface area contributed by atoms with E-state index in [-0.39, 0.29) is 5.92 Å². The molecule has 0 amide bonds. The lowest BCUT2D eigenvalue weighted by molar-refractivity contribution is 0.0577. The Balaban J connectivity index is 1.34. The highest BCUT2D eigenvalue weighted by molar-refractivity contribution is 5.93. The third-order valence-corrected chi connectivity index (χ3v) is 8.56. The molecule has 1 fully saturated rings. The minimum atomic E-state index is -0.830. The van der Waals surface area contributed by atoms with Crippen molar-refractivity contribution < 1.29 is 9.84 Å². The summed E-state index contributed by atoms with van der Waals surface area (Å²) in [5.74, 6) is 2.38. The molecular formula is C33H42N8O2.